The third-order valence-electron chi connectivity index (χ3n) is 23.7. The third kappa shape index (κ3) is 0.548. The summed E-state index contributed by atoms with van der Waals surface area (Å²) in [6.45, 7) is 6.06. The minimum atomic E-state index is -4.78. The number of nitrogens with one attached hydrogen (secondary N) is 2. The van der Waals surface area contributed by atoms with Gasteiger partial charge in [0.1, 0.15) is 0 Å². The fraction of sp³-hybridized carbons (Fsp3) is 0.684. The van der Waals surface area contributed by atoms with Crippen LogP contribution in [0.5, 0.6) is 0 Å². The Bertz CT molecular complexity index is 2080. The molecular formula is C38H50FeN2P2. The predicted octanol–water partition coefficient (Wildman–Crippen LogP) is 8.52. The van der Waals surface area contributed by atoms with Crippen molar-refractivity contribution in [3.05, 3.63) is 71.8 Å². The molecule has 12 aliphatic heterocycles. The number of rotatable bonds is 6. The van der Waals surface area contributed by atoms with Gasteiger partial charge in [0, 0.05) is 0 Å². The fourth-order valence-electron chi connectivity index (χ4n) is 28.6. The normalized spacial score (nSPS) is 70.8. The quantitative estimate of drug-likeness (QED) is 0.242. The Hall–Kier alpha value is -0.261. The average Bonchev–Trinajstić information content (AvgIpc) is 4.00. The maximum atomic E-state index is 4.36. The van der Waals surface area contributed by atoms with Gasteiger partial charge in [0.15, 0.2) is 0 Å². The Kier molecular flexibility index (Phi) is 2.13. The van der Waals surface area contributed by atoms with E-state index in [4.69, 9.17) is 0 Å². The second-order valence-electron chi connectivity index (χ2n) is 20.2. The summed E-state index contributed by atoms with van der Waals surface area (Å²) in [4.78, 5) is 5.68. The zero-order chi connectivity index (χ0) is 28.9. The number of fused-ring (bicyclic) bond motifs is 10. The van der Waals surface area contributed by atoms with Crippen molar-refractivity contribution in [1.29, 1.82) is 0 Å². The third-order valence-corrected chi connectivity index (χ3v) is 71.6. The van der Waals surface area contributed by atoms with Gasteiger partial charge in [-0.1, -0.05) is 0 Å². The molecule has 9 unspecified atom stereocenters. The second kappa shape index (κ2) is 3.82. The first-order chi connectivity index (χ1) is 20.6. The van der Waals surface area contributed by atoms with E-state index in [0.717, 1.165) is 24.1 Å². The van der Waals surface area contributed by atoms with Crippen molar-refractivity contribution in [3.63, 3.8) is 0 Å². The molecule has 0 radical (unpaired) electrons. The second-order valence-corrected chi connectivity index (χ2v) is 43.9. The standard InChI is InChI=1S/C33H45N2P2.C5H5.Fe/c1-32(2,3)31-29(24-16-8-5-9-17-24)28(23-14-6-4-7-15-23)25(22-36)30(31)33(37,26-18-10-12-20-34-26)27-19-11-13-21-35-27;1-2-4-5-3-1;/h4-9,14-17,26-27,34-35H,10-13,18-22,36-37H2,1-3H3;1-5H;. The molecule has 1 spiro atoms. The summed E-state index contributed by atoms with van der Waals surface area (Å²) in [6, 6.07) is 26.4. The molecular weight excluding hydrogens is 602 g/mol. The first kappa shape index (κ1) is 24.0. The van der Waals surface area contributed by atoms with Crippen LogP contribution in [0.1, 0.15) is 70.4 Å². The van der Waals surface area contributed by atoms with E-state index in [2.05, 4.69) is 111 Å². The van der Waals surface area contributed by atoms with Crippen molar-refractivity contribution in [3.8, 4) is 0 Å². The molecule has 12 aliphatic rings. The van der Waals surface area contributed by atoms with E-state index in [1.165, 1.54) is 57.8 Å². The van der Waals surface area contributed by atoms with Crippen molar-refractivity contribution in [2.24, 2.45) is 5.41 Å². The molecule has 0 amide bonds. The zero-order valence-electron chi connectivity index (χ0n) is 26.2. The van der Waals surface area contributed by atoms with Crippen molar-refractivity contribution in [2.45, 2.75) is 122 Å². The van der Waals surface area contributed by atoms with Crippen LogP contribution < -0.4 is 10.6 Å². The van der Waals surface area contributed by atoms with Crippen molar-refractivity contribution < 1.29 is 6.51 Å². The van der Waals surface area contributed by atoms with Gasteiger partial charge in [-0.25, -0.2) is 0 Å². The van der Waals surface area contributed by atoms with Gasteiger partial charge in [-0.2, -0.15) is 0 Å². The predicted molar refractivity (Wildman–Crippen MR) is 181 cm³/mol. The van der Waals surface area contributed by atoms with E-state index >= 15 is 0 Å². The molecule has 2 aromatic carbocycles. The molecule has 9 atom stereocenters. The summed E-state index contributed by atoms with van der Waals surface area (Å²) < 4.78 is 2.58. The van der Waals surface area contributed by atoms with E-state index in [0.29, 0.717) is 39.1 Å². The Balaban J connectivity index is 1.23. The molecule has 0 bridgehead atoms. The molecule has 12 saturated heterocycles. The molecule has 0 saturated carbocycles. The molecule has 2 nitrogen and oxygen atoms in total. The number of hydrogen-bond donors (Lipinski definition) is 2. The van der Waals surface area contributed by atoms with Crippen LogP contribution in [0.3, 0.4) is 0 Å². The van der Waals surface area contributed by atoms with Crippen molar-refractivity contribution in [1.82, 2.24) is 10.6 Å². The zero-order valence-corrected chi connectivity index (χ0v) is 29.6. The van der Waals surface area contributed by atoms with Crippen LogP contribution in [-0.2, 0) is 15.1 Å². The van der Waals surface area contributed by atoms with Crippen molar-refractivity contribution >= 4 is 18.5 Å². The summed E-state index contributed by atoms with van der Waals surface area (Å²) in [5.74, 6) is 0. The van der Waals surface area contributed by atoms with Gasteiger partial charge in [0.05, 0.1) is 0 Å². The monoisotopic (exact) mass is 652 g/mol. The van der Waals surface area contributed by atoms with Gasteiger partial charge in [-0.3, -0.25) is 0 Å². The van der Waals surface area contributed by atoms with Gasteiger partial charge in [0.25, 0.3) is 0 Å². The summed E-state index contributed by atoms with van der Waals surface area (Å²) in [5.41, 5.74) is 3.99. The van der Waals surface area contributed by atoms with Gasteiger partial charge in [-0.15, -0.1) is 0 Å². The molecule has 230 valence electrons. The Morgan fingerprint density at radius 2 is 1.16 bits per heavy atom. The van der Waals surface area contributed by atoms with Gasteiger partial charge >= 0.3 is 254 Å². The van der Waals surface area contributed by atoms with Crippen molar-refractivity contribution in [2.75, 3.05) is 19.3 Å². The molecule has 2 aromatic rings. The number of piperidine rings is 2. The topological polar surface area (TPSA) is 24.1 Å². The average molecular weight is 653 g/mol. The molecule has 0 aliphatic carbocycles. The molecule has 14 rings (SSSR count). The van der Waals surface area contributed by atoms with Gasteiger partial charge in [-0.05, 0) is 0 Å². The van der Waals surface area contributed by atoms with Crippen LogP contribution >= 0.6 is 18.5 Å². The maximum absolute atomic E-state index is 4.78. The molecule has 2 N–H and O–H groups in total. The number of hydrogen-bond acceptors (Lipinski definition) is 2. The van der Waals surface area contributed by atoms with Crippen LogP contribution in [-0.4, -0.2) is 36.5 Å². The van der Waals surface area contributed by atoms with Gasteiger partial charge in [0.2, 0.25) is 0 Å². The van der Waals surface area contributed by atoms with Crippen LogP contribution in [0, 0.1) is 5.41 Å². The molecule has 12 fully saturated rings. The van der Waals surface area contributed by atoms with Crippen LogP contribution in [0.25, 0.3) is 0 Å². The van der Waals surface area contributed by atoms with Crippen LogP contribution in [0.2, 0.25) is 37.0 Å². The van der Waals surface area contributed by atoms with Crippen LogP contribution in [0.4, 0.5) is 0 Å². The molecule has 0 aromatic heterocycles. The Morgan fingerprint density at radius 1 is 0.698 bits per heavy atom. The SMILES string of the molecule is CC(C)(C)[C]12[C]3(c4ccccc4)[C]4(c5ccccc5)[C]5(CP)[C]1(C(P)(C1CCCCN1)C1CCCCN1)[Fe]54321678[CH]2[CH]1[CH]6[CH]7[CH]28. The molecule has 12 heterocycles. The van der Waals surface area contributed by atoms with E-state index in [9.17, 15) is 0 Å². The first-order valence-electron chi connectivity index (χ1n) is 17.9. The van der Waals surface area contributed by atoms with Crippen LogP contribution in [0.15, 0.2) is 60.7 Å². The summed E-state index contributed by atoms with van der Waals surface area (Å²) in [5, 5.41) is 8.97. The van der Waals surface area contributed by atoms with E-state index in [-0.39, 0.29) is 5.16 Å². The van der Waals surface area contributed by atoms with E-state index in [1.54, 1.807) is 0 Å². The van der Waals surface area contributed by atoms with E-state index in [1.807, 2.05) is 11.1 Å². The molecule has 5 heteroatoms. The minimum absolute atomic E-state index is 0.251. The van der Waals surface area contributed by atoms with Gasteiger partial charge < -0.3 is 0 Å². The Morgan fingerprint density at radius 3 is 1.53 bits per heavy atom. The number of benzene rings is 2. The summed E-state index contributed by atoms with van der Waals surface area (Å²) >= 11 is 0. The summed E-state index contributed by atoms with van der Waals surface area (Å²) in [6.07, 6.45) is 9.70. The fourth-order valence-corrected chi connectivity index (χ4v) is 122. The first-order valence-corrected chi connectivity index (χ1v) is 25.2. The molecule has 43 heavy (non-hydrogen) atoms. The Labute approximate surface area is 253 Å². The summed E-state index contributed by atoms with van der Waals surface area (Å²) in [7, 11) is 7.53. The van der Waals surface area contributed by atoms with E-state index < -0.39 is 6.51 Å².